The minimum atomic E-state index is 0.628. The number of nitrogens with zero attached hydrogens (tertiary/aromatic N) is 2. The summed E-state index contributed by atoms with van der Waals surface area (Å²) in [5, 5.41) is 3.64. The molecule has 1 heterocycles. The van der Waals surface area contributed by atoms with Crippen LogP contribution in [0.25, 0.3) is 0 Å². The van der Waals surface area contributed by atoms with E-state index in [0.29, 0.717) is 6.04 Å². The molecule has 0 saturated carbocycles. The van der Waals surface area contributed by atoms with Gasteiger partial charge in [0.25, 0.3) is 0 Å². The van der Waals surface area contributed by atoms with E-state index in [9.17, 15) is 0 Å². The number of nitrogens with one attached hydrogen (secondary N) is 1. The molecule has 1 aliphatic heterocycles. The topological polar surface area (TPSA) is 18.5 Å². The van der Waals surface area contributed by atoms with Gasteiger partial charge in [-0.25, -0.2) is 0 Å². The number of aryl methyl sites for hydroxylation is 2. The molecule has 0 spiro atoms. The fraction of sp³-hybridized carbons (Fsp3) is 0.625. The zero-order valence-electron chi connectivity index (χ0n) is 12.7. The average molecular weight is 261 g/mol. The lowest BCUT2D eigenvalue weighted by molar-refractivity contribution is 0.113. The Morgan fingerprint density at radius 1 is 1.16 bits per heavy atom. The molecule has 1 aromatic rings. The normalized spacial score (nSPS) is 21.8. The summed E-state index contributed by atoms with van der Waals surface area (Å²) in [6, 6.07) is 7.16. The predicted molar refractivity (Wildman–Crippen MR) is 81.5 cm³/mol. The molecule has 3 heteroatoms. The molecule has 0 aliphatic carbocycles. The van der Waals surface area contributed by atoms with Crippen LogP contribution in [-0.4, -0.2) is 56.1 Å². The Morgan fingerprint density at radius 2 is 1.84 bits per heavy atom. The maximum absolute atomic E-state index is 3.64. The number of rotatable bonds is 4. The molecular formula is C16H27N3. The summed E-state index contributed by atoms with van der Waals surface area (Å²) < 4.78 is 0. The van der Waals surface area contributed by atoms with Crippen LogP contribution in [0.5, 0.6) is 0 Å². The van der Waals surface area contributed by atoms with Crippen LogP contribution < -0.4 is 5.32 Å². The van der Waals surface area contributed by atoms with Gasteiger partial charge in [-0.15, -0.1) is 0 Å². The van der Waals surface area contributed by atoms with Crippen molar-refractivity contribution in [2.24, 2.45) is 0 Å². The first-order valence-corrected chi connectivity index (χ1v) is 7.22. The molecular weight excluding hydrogens is 234 g/mol. The zero-order chi connectivity index (χ0) is 13.8. The first-order valence-electron chi connectivity index (χ1n) is 7.22. The van der Waals surface area contributed by atoms with Crippen molar-refractivity contribution >= 4 is 0 Å². The average Bonchev–Trinajstić information content (AvgIpc) is 2.37. The standard InChI is InChI=1S/C16H27N3/c1-13-6-5-7-14(2)16(13)11-17-10-15-12-18(3)8-9-19(15)4/h5-7,15,17H,8-12H2,1-4H3. The molecule has 2 rings (SSSR count). The smallest absolute Gasteiger partial charge is 0.0345 e. The number of benzene rings is 1. The molecule has 0 aromatic heterocycles. The highest BCUT2D eigenvalue weighted by Gasteiger charge is 2.21. The van der Waals surface area contributed by atoms with Crippen LogP contribution in [0.15, 0.2) is 18.2 Å². The van der Waals surface area contributed by atoms with Gasteiger partial charge in [-0.3, -0.25) is 4.90 Å². The van der Waals surface area contributed by atoms with E-state index in [2.05, 4.69) is 61.3 Å². The third-order valence-corrected chi connectivity index (χ3v) is 4.31. The van der Waals surface area contributed by atoms with Crippen LogP contribution in [0.3, 0.4) is 0 Å². The van der Waals surface area contributed by atoms with Crippen molar-refractivity contribution in [2.45, 2.75) is 26.4 Å². The second-order valence-corrected chi connectivity index (χ2v) is 5.90. The molecule has 0 amide bonds. The molecule has 1 unspecified atom stereocenters. The summed E-state index contributed by atoms with van der Waals surface area (Å²) in [6.45, 7) is 9.96. The lowest BCUT2D eigenvalue weighted by atomic mass is 10.0. The lowest BCUT2D eigenvalue weighted by Gasteiger charge is -2.37. The van der Waals surface area contributed by atoms with E-state index in [1.54, 1.807) is 0 Å². The number of hydrogen-bond acceptors (Lipinski definition) is 3. The molecule has 1 saturated heterocycles. The first-order chi connectivity index (χ1) is 9.08. The van der Waals surface area contributed by atoms with Crippen LogP contribution in [-0.2, 0) is 6.54 Å². The molecule has 3 nitrogen and oxygen atoms in total. The minimum absolute atomic E-state index is 0.628. The van der Waals surface area contributed by atoms with Gasteiger partial charge in [-0.05, 0) is 44.6 Å². The van der Waals surface area contributed by atoms with E-state index in [-0.39, 0.29) is 0 Å². The number of likely N-dealkylation sites (N-methyl/N-ethyl adjacent to an activating group) is 2. The zero-order valence-corrected chi connectivity index (χ0v) is 12.7. The van der Waals surface area contributed by atoms with Gasteiger partial charge in [0.15, 0.2) is 0 Å². The van der Waals surface area contributed by atoms with E-state index < -0.39 is 0 Å². The second kappa shape index (κ2) is 6.51. The fourth-order valence-corrected chi connectivity index (χ4v) is 2.81. The predicted octanol–water partition coefficient (Wildman–Crippen LogP) is 1.64. The van der Waals surface area contributed by atoms with Gasteiger partial charge in [0.05, 0.1) is 0 Å². The molecule has 1 aliphatic rings. The van der Waals surface area contributed by atoms with Crippen molar-refractivity contribution in [3.63, 3.8) is 0 Å². The van der Waals surface area contributed by atoms with Crippen molar-refractivity contribution in [3.05, 3.63) is 34.9 Å². The van der Waals surface area contributed by atoms with E-state index in [4.69, 9.17) is 0 Å². The Labute approximate surface area is 117 Å². The second-order valence-electron chi connectivity index (χ2n) is 5.90. The van der Waals surface area contributed by atoms with E-state index in [1.807, 2.05) is 0 Å². The van der Waals surface area contributed by atoms with Crippen molar-refractivity contribution in [2.75, 3.05) is 40.3 Å². The molecule has 1 atom stereocenters. The molecule has 1 fully saturated rings. The highest BCUT2D eigenvalue weighted by atomic mass is 15.3. The van der Waals surface area contributed by atoms with Gasteiger partial charge in [0.1, 0.15) is 0 Å². The van der Waals surface area contributed by atoms with E-state index in [0.717, 1.165) is 19.6 Å². The SMILES string of the molecule is Cc1cccc(C)c1CNCC1CN(C)CCN1C. The monoisotopic (exact) mass is 261 g/mol. The maximum atomic E-state index is 3.64. The maximum Gasteiger partial charge on any atom is 0.0345 e. The Morgan fingerprint density at radius 3 is 2.53 bits per heavy atom. The summed E-state index contributed by atoms with van der Waals surface area (Å²) in [7, 11) is 4.45. The molecule has 0 radical (unpaired) electrons. The summed E-state index contributed by atoms with van der Waals surface area (Å²) in [5.74, 6) is 0. The van der Waals surface area contributed by atoms with Crippen LogP contribution in [0.2, 0.25) is 0 Å². The summed E-state index contributed by atoms with van der Waals surface area (Å²) in [4.78, 5) is 4.89. The van der Waals surface area contributed by atoms with Crippen molar-refractivity contribution < 1.29 is 0 Å². The van der Waals surface area contributed by atoms with Crippen molar-refractivity contribution in [1.29, 1.82) is 0 Å². The Kier molecular flexibility index (Phi) is 4.97. The first kappa shape index (κ1) is 14.5. The van der Waals surface area contributed by atoms with Crippen LogP contribution in [0, 0.1) is 13.8 Å². The van der Waals surface area contributed by atoms with Gasteiger partial charge in [0.2, 0.25) is 0 Å². The Balaban J connectivity index is 1.86. The van der Waals surface area contributed by atoms with Gasteiger partial charge >= 0.3 is 0 Å². The minimum Gasteiger partial charge on any atom is -0.311 e. The Bertz CT molecular complexity index is 396. The van der Waals surface area contributed by atoms with Crippen LogP contribution >= 0.6 is 0 Å². The molecule has 106 valence electrons. The summed E-state index contributed by atoms with van der Waals surface area (Å²) in [6.07, 6.45) is 0. The van der Waals surface area contributed by atoms with Crippen molar-refractivity contribution in [3.8, 4) is 0 Å². The van der Waals surface area contributed by atoms with Crippen molar-refractivity contribution in [1.82, 2.24) is 15.1 Å². The van der Waals surface area contributed by atoms with Gasteiger partial charge < -0.3 is 10.2 Å². The van der Waals surface area contributed by atoms with Gasteiger partial charge in [-0.1, -0.05) is 18.2 Å². The quantitative estimate of drug-likeness (QED) is 0.889. The highest BCUT2D eigenvalue weighted by Crippen LogP contribution is 2.13. The lowest BCUT2D eigenvalue weighted by Crippen LogP contribution is -2.53. The fourth-order valence-electron chi connectivity index (χ4n) is 2.81. The third kappa shape index (κ3) is 3.78. The number of hydrogen-bond donors (Lipinski definition) is 1. The molecule has 0 bridgehead atoms. The van der Waals surface area contributed by atoms with Gasteiger partial charge in [-0.2, -0.15) is 0 Å². The van der Waals surface area contributed by atoms with Crippen LogP contribution in [0.4, 0.5) is 0 Å². The number of piperazine rings is 1. The molecule has 1 N–H and O–H groups in total. The molecule has 19 heavy (non-hydrogen) atoms. The summed E-state index contributed by atoms with van der Waals surface area (Å²) >= 11 is 0. The Hall–Kier alpha value is -0.900. The third-order valence-electron chi connectivity index (χ3n) is 4.31. The highest BCUT2D eigenvalue weighted by molar-refractivity contribution is 5.33. The summed E-state index contributed by atoms with van der Waals surface area (Å²) in [5.41, 5.74) is 4.23. The largest absolute Gasteiger partial charge is 0.311 e. The van der Waals surface area contributed by atoms with Crippen LogP contribution in [0.1, 0.15) is 16.7 Å². The van der Waals surface area contributed by atoms with E-state index >= 15 is 0 Å². The van der Waals surface area contributed by atoms with Gasteiger partial charge in [0, 0.05) is 38.8 Å². The van der Waals surface area contributed by atoms with E-state index in [1.165, 1.54) is 29.8 Å². The molecule has 1 aromatic carbocycles.